The van der Waals surface area contributed by atoms with Crippen LogP contribution in [0.25, 0.3) is 0 Å². The Kier molecular flexibility index (Phi) is 16.3. The molecule has 35 heavy (non-hydrogen) atoms. The zero-order chi connectivity index (χ0) is 25.3. The normalized spacial score (nSPS) is 22.0. The summed E-state index contributed by atoms with van der Waals surface area (Å²) in [5, 5.41) is 0. The Morgan fingerprint density at radius 2 is 1.09 bits per heavy atom. The van der Waals surface area contributed by atoms with Crippen molar-refractivity contribution in [1.82, 2.24) is 9.80 Å². The lowest BCUT2D eigenvalue weighted by atomic mass is 9.90. The molecule has 0 aromatic rings. The van der Waals surface area contributed by atoms with Gasteiger partial charge < -0.3 is 9.80 Å². The smallest absolute Gasteiger partial charge is 0.225 e. The molecule has 0 aromatic heterocycles. The van der Waals surface area contributed by atoms with Crippen LogP contribution in [0.15, 0.2) is 0 Å². The summed E-state index contributed by atoms with van der Waals surface area (Å²) >= 11 is 0. The van der Waals surface area contributed by atoms with Crippen molar-refractivity contribution < 1.29 is 4.79 Å². The van der Waals surface area contributed by atoms with Gasteiger partial charge in [0.2, 0.25) is 5.91 Å². The second-order valence-corrected chi connectivity index (χ2v) is 12.2. The summed E-state index contributed by atoms with van der Waals surface area (Å²) in [6.07, 6.45) is 23.9. The van der Waals surface area contributed by atoms with Gasteiger partial charge in [0.25, 0.3) is 0 Å². The Morgan fingerprint density at radius 1 is 0.600 bits per heavy atom. The van der Waals surface area contributed by atoms with Crippen molar-refractivity contribution in [3.8, 4) is 0 Å². The highest BCUT2D eigenvalue weighted by Gasteiger charge is 2.42. The molecule has 3 nitrogen and oxygen atoms in total. The SMILES string of the molecule is CCCCCCC(CCCCC)CCCN1CC2CN(C(=O)C(CCCC)CCCCC)CC2C1. The Labute approximate surface area is 220 Å². The minimum absolute atomic E-state index is 0.290. The van der Waals surface area contributed by atoms with Crippen LogP contribution in [0.5, 0.6) is 0 Å². The van der Waals surface area contributed by atoms with Crippen molar-refractivity contribution in [2.24, 2.45) is 23.7 Å². The predicted molar refractivity (Wildman–Crippen MR) is 153 cm³/mol. The van der Waals surface area contributed by atoms with Crippen molar-refractivity contribution in [1.29, 1.82) is 0 Å². The van der Waals surface area contributed by atoms with Gasteiger partial charge in [0, 0.05) is 32.1 Å². The largest absolute Gasteiger partial charge is 0.342 e. The van der Waals surface area contributed by atoms with E-state index in [-0.39, 0.29) is 0 Å². The molecule has 0 bridgehead atoms. The van der Waals surface area contributed by atoms with E-state index in [1.165, 1.54) is 122 Å². The van der Waals surface area contributed by atoms with Gasteiger partial charge in [0.05, 0.1) is 0 Å². The molecule has 2 rings (SSSR count). The standard InChI is InChI=1S/C32H62N2O/c1-5-9-13-16-19-28(18-14-10-6-2)20-17-23-33-24-30-26-34(27-31(30)25-33)32(35)29(21-12-8-4)22-15-11-7-3/h28-31H,5-27H2,1-4H3. The second kappa shape index (κ2) is 18.6. The van der Waals surface area contributed by atoms with E-state index in [4.69, 9.17) is 0 Å². The molecule has 0 spiro atoms. The second-order valence-electron chi connectivity index (χ2n) is 12.2. The molecule has 2 fully saturated rings. The molecule has 206 valence electrons. The number of fused-ring (bicyclic) bond motifs is 1. The summed E-state index contributed by atoms with van der Waals surface area (Å²) in [4.78, 5) is 18.4. The maximum atomic E-state index is 13.4. The molecular formula is C32H62N2O. The number of amides is 1. The fourth-order valence-corrected chi connectivity index (χ4v) is 6.77. The van der Waals surface area contributed by atoms with E-state index in [9.17, 15) is 4.79 Å². The Hall–Kier alpha value is -0.570. The lowest BCUT2D eigenvalue weighted by Gasteiger charge is -2.26. The van der Waals surface area contributed by atoms with Crippen LogP contribution in [0.4, 0.5) is 0 Å². The lowest BCUT2D eigenvalue weighted by Crippen LogP contribution is -2.37. The zero-order valence-electron chi connectivity index (χ0n) is 24.4. The fraction of sp³-hybridized carbons (Fsp3) is 0.969. The average Bonchev–Trinajstić information content (AvgIpc) is 3.42. The number of carbonyl (C=O) groups excluding carboxylic acids is 1. The van der Waals surface area contributed by atoms with Gasteiger partial charge in [-0.2, -0.15) is 0 Å². The first-order valence-corrected chi connectivity index (χ1v) is 16.1. The molecule has 0 N–H and O–H groups in total. The topological polar surface area (TPSA) is 23.6 Å². The summed E-state index contributed by atoms with van der Waals surface area (Å²) < 4.78 is 0. The average molecular weight is 491 g/mol. The van der Waals surface area contributed by atoms with Gasteiger partial charge in [-0.25, -0.2) is 0 Å². The minimum Gasteiger partial charge on any atom is -0.342 e. The van der Waals surface area contributed by atoms with Gasteiger partial charge in [0.1, 0.15) is 0 Å². The minimum atomic E-state index is 0.290. The van der Waals surface area contributed by atoms with Gasteiger partial charge in [-0.15, -0.1) is 0 Å². The Morgan fingerprint density at radius 3 is 1.69 bits per heavy atom. The molecule has 2 heterocycles. The van der Waals surface area contributed by atoms with E-state index >= 15 is 0 Å². The molecule has 2 aliphatic rings. The Balaban J connectivity index is 1.71. The molecule has 2 saturated heterocycles. The summed E-state index contributed by atoms with van der Waals surface area (Å²) in [5.74, 6) is 3.21. The zero-order valence-corrected chi connectivity index (χ0v) is 24.4. The third-order valence-electron chi connectivity index (χ3n) is 9.05. The first-order chi connectivity index (χ1) is 17.1. The highest BCUT2D eigenvalue weighted by molar-refractivity contribution is 5.79. The maximum Gasteiger partial charge on any atom is 0.225 e. The van der Waals surface area contributed by atoms with Gasteiger partial charge in [-0.1, -0.05) is 118 Å². The van der Waals surface area contributed by atoms with E-state index in [2.05, 4.69) is 37.5 Å². The quantitative estimate of drug-likeness (QED) is 0.150. The van der Waals surface area contributed by atoms with Crippen LogP contribution in [0.2, 0.25) is 0 Å². The van der Waals surface area contributed by atoms with Crippen molar-refractivity contribution in [3.05, 3.63) is 0 Å². The van der Waals surface area contributed by atoms with E-state index in [0.29, 0.717) is 11.8 Å². The van der Waals surface area contributed by atoms with Crippen LogP contribution < -0.4 is 0 Å². The first kappa shape index (κ1) is 30.7. The third kappa shape index (κ3) is 11.6. The van der Waals surface area contributed by atoms with Gasteiger partial charge in [-0.05, 0) is 50.0 Å². The van der Waals surface area contributed by atoms with Crippen LogP contribution >= 0.6 is 0 Å². The van der Waals surface area contributed by atoms with Crippen molar-refractivity contribution >= 4 is 5.91 Å². The third-order valence-corrected chi connectivity index (χ3v) is 9.05. The van der Waals surface area contributed by atoms with Gasteiger partial charge in [-0.3, -0.25) is 4.79 Å². The first-order valence-electron chi connectivity index (χ1n) is 16.1. The number of nitrogens with zero attached hydrogens (tertiary/aromatic N) is 2. The summed E-state index contributed by atoms with van der Waals surface area (Å²) in [6, 6.07) is 0. The van der Waals surface area contributed by atoms with E-state index in [0.717, 1.165) is 43.7 Å². The van der Waals surface area contributed by atoms with E-state index < -0.39 is 0 Å². The summed E-state index contributed by atoms with van der Waals surface area (Å²) in [5.41, 5.74) is 0. The highest BCUT2D eigenvalue weighted by Crippen LogP contribution is 2.33. The predicted octanol–water partition coefficient (Wildman–Crippen LogP) is 8.71. The van der Waals surface area contributed by atoms with Crippen molar-refractivity contribution in [2.75, 3.05) is 32.7 Å². The monoisotopic (exact) mass is 490 g/mol. The number of likely N-dealkylation sites (tertiary alicyclic amines) is 2. The highest BCUT2D eigenvalue weighted by atomic mass is 16.2. The number of unbranched alkanes of at least 4 members (excludes halogenated alkanes) is 8. The molecule has 0 aliphatic carbocycles. The van der Waals surface area contributed by atoms with Crippen LogP contribution in [0.3, 0.4) is 0 Å². The Bertz CT molecular complexity index is 522. The summed E-state index contributed by atoms with van der Waals surface area (Å²) in [7, 11) is 0. The molecule has 4 atom stereocenters. The number of hydrogen-bond acceptors (Lipinski definition) is 2. The molecular weight excluding hydrogens is 428 g/mol. The van der Waals surface area contributed by atoms with Crippen molar-refractivity contribution in [3.63, 3.8) is 0 Å². The number of rotatable bonds is 21. The lowest BCUT2D eigenvalue weighted by molar-refractivity contribution is -0.135. The number of hydrogen-bond donors (Lipinski definition) is 0. The molecule has 2 aliphatic heterocycles. The fourth-order valence-electron chi connectivity index (χ4n) is 6.77. The van der Waals surface area contributed by atoms with Crippen LogP contribution in [0.1, 0.15) is 143 Å². The summed E-state index contributed by atoms with van der Waals surface area (Å²) in [6.45, 7) is 15.0. The molecule has 3 heteroatoms. The van der Waals surface area contributed by atoms with E-state index in [1.807, 2.05) is 0 Å². The van der Waals surface area contributed by atoms with E-state index in [1.54, 1.807) is 0 Å². The van der Waals surface area contributed by atoms with Gasteiger partial charge >= 0.3 is 0 Å². The van der Waals surface area contributed by atoms with Crippen LogP contribution in [0, 0.1) is 23.7 Å². The molecule has 0 saturated carbocycles. The van der Waals surface area contributed by atoms with Crippen LogP contribution in [-0.2, 0) is 4.79 Å². The van der Waals surface area contributed by atoms with Gasteiger partial charge in [0.15, 0.2) is 0 Å². The molecule has 4 unspecified atom stereocenters. The van der Waals surface area contributed by atoms with Crippen molar-refractivity contribution in [2.45, 2.75) is 143 Å². The molecule has 1 amide bonds. The van der Waals surface area contributed by atoms with Crippen LogP contribution in [-0.4, -0.2) is 48.4 Å². The number of carbonyl (C=O) groups is 1. The molecule has 0 aromatic carbocycles. The maximum absolute atomic E-state index is 13.4. The molecule has 0 radical (unpaired) electrons.